The summed E-state index contributed by atoms with van der Waals surface area (Å²) in [5.74, 6) is 1.75. The average molecular weight is 529 g/mol. The first kappa shape index (κ1) is 24.8. The molecule has 3 aromatic heterocycles. The maximum Gasteiger partial charge on any atom is 0.295 e. The van der Waals surface area contributed by atoms with Gasteiger partial charge in [0, 0.05) is 23.4 Å². The van der Waals surface area contributed by atoms with E-state index in [0.717, 1.165) is 59.5 Å². The van der Waals surface area contributed by atoms with Gasteiger partial charge in [-0.05, 0) is 68.9 Å². The summed E-state index contributed by atoms with van der Waals surface area (Å²) in [6, 6.07) is 7.94. The van der Waals surface area contributed by atoms with E-state index in [4.69, 9.17) is 14.7 Å². The van der Waals surface area contributed by atoms with E-state index in [1.54, 1.807) is 12.5 Å². The molecular weight excluding hydrogens is 496 g/mol. The molecule has 2 saturated carbocycles. The highest BCUT2D eigenvalue weighted by Gasteiger charge is 2.33. The minimum atomic E-state index is -0.531. The number of nitrogens with one attached hydrogen (secondary N) is 2. The molecule has 9 nitrogen and oxygen atoms in total. The molecule has 2 unspecified atom stereocenters. The maximum absolute atomic E-state index is 13.8. The lowest BCUT2D eigenvalue weighted by molar-refractivity contribution is 0.482. The van der Waals surface area contributed by atoms with Crippen LogP contribution < -0.4 is 10.9 Å². The highest BCUT2D eigenvalue weighted by atomic mass is 32.2. The average Bonchev–Trinajstić information content (AvgIpc) is 3.84. The van der Waals surface area contributed by atoms with Gasteiger partial charge in [0.25, 0.3) is 5.56 Å². The van der Waals surface area contributed by atoms with Crippen molar-refractivity contribution in [3.05, 3.63) is 64.1 Å². The predicted octanol–water partition coefficient (Wildman–Crippen LogP) is 5.04. The van der Waals surface area contributed by atoms with Crippen LogP contribution in [0.1, 0.15) is 68.4 Å². The van der Waals surface area contributed by atoms with Crippen molar-refractivity contribution in [3.8, 4) is 11.4 Å². The Bertz CT molecular complexity index is 1590. The van der Waals surface area contributed by atoms with Crippen molar-refractivity contribution < 1.29 is 0 Å². The van der Waals surface area contributed by atoms with Crippen LogP contribution in [0.25, 0.3) is 22.6 Å². The molecule has 2 atom stereocenters. The second-order valence-electron chi connectivity index (χ2n) is 10.3. The van der Waals surface area contributed by atoms with Crippen LogP contribution in [0.5, 0.6) is 0 Å². The summed E-state index contributed by atoms with van der Waals surface area (Å²) in [4.78, 5) is 38.3. The van der Waals surface area contributed by atoms with Gasteiger partial charge in [0.15, 0.2) is 17.3 Å². The number of aromatic nitrogens is 6. The third kappa shape index (κ3) is 4.73. The fourth-order valence-electron chi connectivity index (χ4n) is 5.02. The fourth-order valence-corrected chi connectivity index (χ4v) is 5.56. The van der Waals surface area contributed by atoms with Gasteiger partial charge in [-0.2, -0.15) is 0 Å². The number of hydrogen-bond donors (Lipinski definition) is 2. The zero-order chi connectivity index (χ0) is 26.4. The molecule has 2 fully saturated rings. The molecule has 0 amide bonds. The second kappa shape index (κ2) is 9.98. The minimum Gasteiger partial charge on any atom is -0.361 e. The number of aryl methyl sites for hydroxylation is 1. The Morgan fingerprint density at radius 2 is 1.87 bits per heavy atom. The lowest BCUT2D eigenvalue weighted by Crippen LogP contribution is -2.29. The van der Waals surface area contributed by atoms with Crippen molar-refractivity contribution in [2.24, 2.45) is 5.92 Å². The van der Waals surface area contributed by atoms with Crippen LogP contribution >= 0.6 is 0 Å². The van der Waals surface area contributed by atoms with Crippen LogP contribution in [0.2, 0.25) is 0 Å². The zero-order valence-corrected chi connectivity index (χ0v) is 22.8. The topological polar surface area (TPSA) is 122 Å². The number of nitrogens with zero attached hydrogens (tertiary/aromatic N) is 6. The first-order chi connectivity index (χ1) is 18.4. The van der Waals surface area contributed by atoms with E-state index in [-0.39, 0.29) is 11.6 Å². The van der Waals surface area contributed by atoms with E-state index in [9.17, 15) is 4.79 Å². The van der Waals surface area contributed by atoms with Crippen LogP contribution in [0.4, 0.5) is 5.82 Å². The van der Waals surface area contributed by atoms with E-state index in [2.05, 4.69) is 34.1 Å². The molecule has 0 spiro atoms. The zero-order valence-electron chi connectivity index (χ0n) is 21.9. The van der Waals surface area contributed by atoms with Gasteiger partial charge in [0.2, 0.25) is 0 Å². The second-order valence-corrected chi connectivity index (χ2v) is 11.8. The number of rotatable bonds is 9. The Labute approximate surface area is 224 Å². The number of anilines is 1. The molecule has 10 heteroatoms. The van der Waals surface area contributed by atoms with Gasteiger partial charge >= 0.3 is 0 Å². The molecule has 0 radical (unpaired) electrons. The van der Waals surface area contributed by atoms with Gasteiger partial charge in [-0.1, -0.05) is 29.7 Å². The number of fused-ring (bicyclic) bond motifs is 1. The molecule has 196 valence electrons. The summed E-state index contributed by atoms with van der Waals surface area (Å²) < 4.78 is 9.71. The molecule has 4 aromatic rings. The monoisotopic (exact) mass is 528 g/mol. The predicted molar refractivity (Wildman–Crippen MR) is 149 cm³/mol. The van der Waals surface area contributed by atoms with Gasteiger partial charge in [-0.15, -0.1) is 0 Å². The first-order valence-corrected chi connectivity index (χ1v) is 14.9. The van der Waals surface area contributed by atoms with E-state index >= 15 is 0 Å². The van der Waals surface area contributed by atoms with Gasteiger partial charge in [0.05, 0.1) is 23.1 Å². The smallest absolute Gasteiger partial charge is 0.295 e. The van der Waals surface area contributed by atoms with Crippen molar-refractivity contribution in [2.75, 3.05) is 11.6 Å². The lowest BCUT2D eigenvalue weighted by atomic mass is 10.1. The molecule has 0 bridgehead atoms. The molecule has 1 aromatic carbocycles. The summed E-state index contributed by atoms with van der Waals surface area (Å²) >= 11 is 0. The van der Waals surface area contributed by atoms with Crippen molar-refractivity contribution in [1.82, 2.24) is 29.5 Å². The van der Waals surface area contributed by atoms with Gasteiger partial charge in [-0.25, -0.2) is 24.9 Å². The summed E-state index contributed by atoms with van der Waals surface area (Å²) in [6.45, 7) is 4.64. The quantitative estimate of drug-likeness (QED) is 0.312. The molecule has 3 heterocycles. The van der Waals surface area contributed by atoms with Gasteiger partial charge in [0.1, 0.15) is 11.8 Å². The summed E-state index contributed by atoms with van der Waals surface area (Å²) in [5, 5.41) is 3.26. The summed E-state index contributed by atoms with van der Waals surface area (Å²) in [5.41, 5.74) is 4.87. The molecule has 0 saturated heterocycles. The minimum absolute atomic E-state index is 0.00990. The van der Waals surface area contributed by atoms with E-state index in [1.807, 2.05) is 35.1 Å². The largest absolute Gasteiger partial charge is 0.361 e. The van der Waals surface area contributed by atoms with Crippen LogP contribution in [0.3, 0.4) is 0 Å². The normalized spacial score (nSPS) is 16.9. The van der Waals surface area contributed by atoms with E-state index in [1.165, 1.54) is 0 Å². The number of benzene rings is 1. The third-order valence-electron chi connectivity index (χ3n) is 7.56. The third-order valence-corrected chi connectivity index (χ3v) is 8.54. The number of hydrogen-bond acceptors (Lipinski definition) is 8. The van der Waals surface area contributed by atoms with Crippen molar-refractivity contribution >= 4 is 27.7 Å². The Hall–Kier alpha value is -3.53. The molecule has 38 heavy (non-hydrogen) atoms. The van der Waals surface area contributed by atoms with E-state index < -0.39 is 10.7 Å². The lowest BCUT2D eigenvalue weighted by Gasteiger charge is -2.19. The Morgan fingerprint density at radius 1 is 1.11 bits per heavy atom. The molecule has 6 rings (SSSR count). The van der Waals surface area contributed by atoms with Crippen molar-refractivity contribution in [1.29, 1.82) is 4.78 Å². The molecule has 2 aliphatic rings. The van der Waals surface area contributed by atoms with Crippen LogP contribution in [-0.4, -0.2) is 35.7 Å². The van der Waals surface area contributed by atoms with Gasteiger partial charge in [-0.3, -0.25) is 14.1 Å². The Morgan fingerprint density at radius 3 is 2.53 bits per heavy atom. The molecule has 2 N–H and O–H groups in total. The standard InChI is InChI=1S/C28H32N8OS/c1-4-21-23(24(19-9-10-19)33-15-32-21)25-31-14-22-27(35-25)36(16(2)18-7-8-18)28(37)26(34-22)30-13-17-5-11-20(12-6-17)38(3)29/h5-6,11-12,14-16,18-19,29H,4,7-10,13H2,1-3H3,(H,30,34). The molecular formula is C28H32N8OS. The van der Waals surface area contributed by atoms with Crippen molar-refractivity contribution in [2.45, 2.75) is 69.4 Å². The molecule has 0 aliphatic heterocycles. The van der Waals surface area contributed by atoms with Gasteiger partial charge < -0.3 is 5.32 Å². The Balaban J connectivity index is 1.42. The maximum atomic E-state index is 13.8. The Kier molecular flexibility index (Phi) is 6.51. The fraction of sp³-hybridized carbons (Fsp3) is 0.429. The van der Waals surface area contributed by atoms with Crippen LogP contribution in [-0.2, 0) is 23.7 Å². The van der Waals surface area contributed by atoms with E-state index in [0.29, 0.717) is 41.2 Å². The summed E-state index contributed by atoms with van der Waals surface area (Å²) in [7, 11) is -0.531. The molecule has 2 aliphatic carbocycles. The highest BCUT2D eigenvalue weighted by molar-refractivity contribution is 7.85. The summed E-state index contributed by atoms with van der Waals surface area (Å²) in [6.07, 6.45) is 10.5. The van der Waals surface area contributed by atoms with Crippen LogP contribution in [0, 0.1) is 10.7 Å². The first-order valence-electron chi connectivity index (χ1n) is 13.3. The SMILES string of the molecule is CCc1ncnc(C2CC2)c1-c1ncc2nc(NCc3ccc(S(C)=N)cc3)c(=O)n(C(C)C3CC3)c2n1. The van der Waals surface area contributed by atoms with Crippen molar-refractivity contribution in [3.63, 3.8) is 0 Å². The highest BCUT2D eigenvalue weighted by Crippen LogP contribution is 2.44. The van der Waals surface area contributed by atoms with Crippen LogP contribution in [0.15, 0.2) is 46.5 Å².